The van der Waals surface area contributed by atoms with Crippen molar-refractivity contribution in [2.45, 2.75) is 31.8 Å². The summed E-state index contributed by atoms with van der Waals surface area (Å²) in [5.41, 5.74) is 0.177. The van der Waals surface area contributed by atoms with Gasteiger partial charge in [0.15, 0.2) is 0 Å². The number of thiophene rings is 1. The minimum atomic E-state index is 0.177. The fraction of sp³-hybridized carbons (Fsp3) is 0.692. The van der Waals surface area contributed by atoms with Gasteiger partial charge in [-0.3, -0.25) is 0 Å². The molecule has 0 N–H and O–H groups in total. The van der Waals surface area contributed by atoms with Crippen LogP contribution in [0.3, 0.4) is 0 Å². The van der Waals surface area contributed by atoms with E-state index in [1.165, 1.54) is 22.2 Å². The number of ether oxygens (including phenoxy) is 1. The Kier molecular flexibility index (Phi) is 3.55. The van der Waals surface area contributed by atoms with Crippen LogP contribution in [-0.4, -0.2) is 18.6 Å². The van der Waals surface area contributed by atoms with Crippen molar-refractivity contribution in [1.29, 1.82) is 0 Å². The summed E-state index contributed by atoms with van der Waals surface area (Å²) < 4.78 is 7.21. The largest absolute Gasteiger partial charge is 0.377 e. The first-order chi connectivity index (χ1) is 8.25. The Morgan fingerprint density at radius 3 is 2.94 bits per heavy atom. The van der Waals surface area contributed by atoms with E-state index in [1.54, 1.807) is 0 Å². The molecular weight excluding hydrogens is 320 g/mol. The van der Waals surface area contributed by atoms with Crippen LogP contribution in [0.2, 0.25) is 0 Å². The van der Waals surface area contributed by atoms with Crippen LogP contribution in [0.5, 0.6) is 0 Å². The van der Waals surface area contributed by atoms with E-state index in [2.05, 4.69) is 27.4 Å². The van der Waals surface area contributed by atoms with E-state index >= 15 is 0 Å². The lowest BCUT2D eigenvalue weighted by molar-refractivity contribution is 0.0405. The van der Waals surface area contributed by atoms with Crippen LogP contribution in [0.15, 0.2) is 15.9 Å². The quantitative estimate of drug-likeness (QED) is 0.737. The minimum Gasteiger partial charge on any atom is -0.377 e. The maximum absolute atomic E-state index is 6.31. The molecule has 1 saturated heterocycles. The Labute approximate surface area is 120 Å². The molecule has 0 bridgehead atoms. The molecule has 1 saturated carbocycles. The van der Waals surface area contributed by atoms with Gasteiger partial charge in [-0.15, -0.1) is 22.9 Å². The van der Waals surface area contributed by atoms with Crippen LogP contribution in [0.1, 0.15) is 24.1 Å². The van der Waals surface area contributed by atoms with Gasteiger partial charge in [0.25, 0.3) is 0 Å². The molecule has 1 aromatic rings. The molecule has 0 radical (unpaired) electrons. The highest BCUT2D eigenvalue weighted by atomic mass is 79.9. The molecule has 2 heterocycles. The minimum absolute atomic E-state index is 0.177. The highest BCUT2D eigenvalue weighted by Crippen LogP contribution is 2.50. The molecule has 0 amide bonds. The normalized spacial score (nSPS) is 33.2. The van der Waals surface area contributed by atoms with Crippen LogP contribution in [0.4, 0.5) is 0 Å². The van der Waals surface area contributed by atoms with E-state index in [0.717, 1.165) is 31.2 Å². The average molecular weight is 336 g/mol. The van der Waals surface area contributed by atoms with Gasteiger partial charge in [0.05, 0.1) is 6.10 Å². The Morgan fingerprint density at radius 2 is 2.35 bits per heavy atom. The van der Waals surface area contributed by atoms with Gasteiger partial charge < -0.3 is 4.74 Å². The van der Waals surface area contributed by atoms with Crippen molar-refractivity contribution in [3.8, 4) is 0 Å². The van der Waals surface area contributed by atoms with Crippen molar-refractivity contribution >= 4 is 38.9 Å². The number of halogens is 2. The predicted octanol–water partition coefficient (Wildman–Crippen LogP) is 4.48. The van der Waals surface area contributed by atoms with Gasteiger partial charge in [-0.25, -0.2) is 0 Å². The van der Waals surface area contributed by atoms with Crippen molar-refractivity contribution in [1.82, 2.24) is 0 Å². The summed E-state index contributed by atoms with van der Waals surface area (Å²) in [6, 6.07) is 2.13. The Hall–Kier alpha value is 0.430. The van der Waals surface area contributed by atoms with E-state index in [9.17, 15) is 0 Å². The molecule has 2 aliphatic rings. The van der Waals surface area contributed by atoms with Gasteiger partial charge >= 0.3 is 0 Å². The van der Waals surface area contributed by atoms with Crippen molar-refractivity contribution in [3.05, 3.63) is 20.8 Å². The second-order valence-electron chi connectivity index (χ2n) is 5.24. The zero-order chi connectivity index (χ0) is 11.9. The first kappa shape index (κ1) is 12.5. The molecule has 3 rings (SSSR count). The maximum atomic E-state index is 6.31. The molecule has 1 aliphatic carbocycles. The Morgan fingerprint density at radius 1 is 1.53 bits per heavy atom. The predicted molar refractivity (Wildman–Crippen MR) is 76.0 cm³/mol. The SMILES string of the molecule is ClCC1(Cc2sccc2Br)CCOC1C1CC1. The molecule has 1 aliphatic heterocycles. The molecule has 1 aromatic heterocycles. The van der Waals surface area contributed by atoms with Crippen molar-refractivity contribution in [2.24, 2.45) is 11.3 Å². The molecule has 0 spiro atoms. The summed E-state index contributed by atoms with van der Waals surface area (Å²) >= 11 is 11.8. The summed E-state index contributed by atoms with van der Waals surface area (Å²) in [4.78, 5) is 1.42. The molecule has 1 nitrogen and oxygen atoms in total. The van der Waals surface area contributed by atoms with Crippen molar-refractivity contribution in [2.75, 3.05) is 12.5 Å². The molecule has 2 unspecified atom stereocenters. The van der Waals surface area contributed by atoms with E-state index in [4.69, 9.17) is 16.3 Å². The van der Waals surface area contributed by atoms with Gasteiger partial charge in [0, 0.05) is 27.3 Å². The van der Waals surface area contributed by atoms with Crippen molar-refractivity contribution in [3.63, 3.8) is 0 Å². The van der Waals surface area contributed by atoms with Gasteiger partial charge in [-0.1, -0.05) is 0 Å². The van der Waals surface area contributed by atoms with Crippen LogP contribution in [0, 0.1) is 11.3 Å². The molecule has 94 valence electrons. The average Bonchev–Trinajstić information content (AvgIpc) is 2.98. The number of alkyl halides is 1. The first-order valence-corrected chi connectivity index (χ1v) is 8.35. The Bertz CT molecular complexity index is 404. The first-order valence-electron chi connectivity index (χ1n) is 6.15. The van der Waals surface area contributed by atoms with Gasteiger partial charge in [-0.2, -0.15) is 0 Å². The van der Waals surface area contributed by atoms with Crippen LogP contribution < -0.4 is 0 Å². The second-order valence-corrected chi connectivity index (χ2v) is 7.37. The number of hydrogen-bond acceptors (Lipinski definition) is 2. The third-order valence-electron chi connectivity index (χ3n) is 4.02. The lowest BCUT2D eigenvalue weighted by Gasteiger charge is -2.32. The van der Waals surface area contributed by atoms with Crippen molar-refractivity contribution < 1.29 is 4.74 Å². The van der Waals surface area contributed by atoms with Gasteiger partial charge in [0.1, 0.15) is 0 Å². The van der Waals surface area contributed by atoms with E-state index in [1.807, 2.05) is 11.3 Å². The monoisotopic (exact) mass is 334 g/mol. The summed E-state index contributed by atoms with van der Waals surface area (Å²) in [5.74, 6) is 1.49. The van der Waals surface area contributed by atoms with E-state index in [0.29, 0.717) is 6.10 Å². The lowest BCUT2D eigenvalue weighted by Crippen LogP contribution is -2.36. The van der Waals surface area contributed by atoms with Gasteiger partial charge in [-0.05, 0) is 59.0 Å². The second kappa shape index (κ2) is 4.84. The zero-order valence-electron chi connectivity index (χ0n) is 9.62. The highest BCUT2D eigenvalue weighted by molar-refractivity contribution is 9.10. The highest BCUT2D eigenvalue weighted by Gasteiger charge is 2.50. The molecule has 2 fully saturated rings. The molecular formula is C13H16BrClOS. The van der Waals surface area contributed by atoms with Crippen LogP contribution >= 0.6 is 38.9 Å². The molecule has 4 heteroatoms. The lowest BCUT2D eigenvalue weighted by atomic mass is 9.77. The topological polar surface area (TPSA) is 9.23 Å². The molecule has 0 aromatic carbocycles. The number of hydrogen-bond donors (Lipinski definition) is 0. The van der Waals surface area contributed by atoms with Crippen LogP contribution in [-0.2, 0) is 11.2 Å². The summed E-state index contributed by atoms with van der Waals surface area (Å²) in [6.07, 6.45) is 5.23. The fourth-order valence-corrected chi connectivity index (χ4v) is 4.92. The maximum Gasteiger partial charge on any atom is 0.0675 e. The Balaban J connectivity index is 1.83. The zero-order valence-corrected chi connectivity index (χ0v) is 12.8. The standard InChI is InChI=1S/C13H16BrClOS/c14-10-3-6-17-11(10)7-13(8-15)4-5-16-12(13)9-1-2-9/h3,6,9,12H,1-2,4-5,7-8H2. The van der Waals surface area contributed by atoms with E-state index < -0.39 is 0 Å². The van der Waals surface area contributed by atoms with Crippen LogP contribution in [0.25, 0.3) is 0 Å². The third kappa shape index (κ3) is 2.32. The van der Waals surface area contributed by atoms with Gasteiger partial charge in [0.2, 0.25) is 0 Å². The van der Waals surface area contributed by atoms with E-state index in [-0.39, 0.29) is 5.41 Å². The summed E-state index contributed by atoms with van der Waals surface area (Å²) in [7, 11) is 0. The fourth-order valence-electron chi connectivity index (χ4n) is 2.89. The molecule has 2 atom stereocenters. The summed E-state index contributed by atoms with van der Waals surface area (Å²) in [6.45, 7) is 0.886. The third-order valence-corrected chi connectivity index (χ3v) is 6.48. The smallest absolute Gasteiger partial charge is 0.0675 e. The summed E-state index contributed by atoms with van der Waals surface area (Å²) in [5, 5.41) is 2.14. The number of rotatable bonds is 4. The molecule has 17 heavy (non-hydrogen) atoms.